The maximum absolute atomic E-state index is 12.9. The van der Waals surface area contributed by atoms with Gasteiger partial charge in [0.1, 0.15) is 17.1 Å². The van der Waals surface area contributed by atoms with Crippen molar-refractivity contribution >= 4 is 11.6 Å². The molecule has 3 rings (SSSR count). The van der Waals surface area contributed by atoms with Crippen molar-refractivity contribution in [3.8, 4) is 11.6 Å². The highest BCUT2D eigenvalue weighted by Gasteiger charge is 2.20. The third-order valence-corrected chi connectivity index (χ3v) is 4.24. The number of aryl methyl sites for hydroxylation is 4. The van der Waals surface area contributed by atoms with Crippen LogP contribution in [0.4, 0.5) is 5.69 Å². The Balaban J connectivity index is 2.00. The highest BCUT2D eigenvalue weighted by atomic mass is 16.5. The van der Waals surface area contributed by atoms with Crippen LogP contribution in [0.1, 0.15) is 27.3 Å². The lowest BCUT2D eigenvalue weighted by Gasteiger charge is -2.14. The van der Waals surface area contributed by atoms with E-state index >= 15 is 0 Å². The Hall–Kier alpha value is -3.02. The van der Waals surface area contributed by atoms with Gasteiger partial charge in [0.2, 0.25) is 0 Å². The number of nitrogens with zero attached hydrogens (tertiary/aromatic N) is 3. The molecule has 2 aromatic heterocycles. The number of carbonyl (C=O) groups is 1. The molecule has 0 aliphatic carbocycles. The molecule has 25 heavy (non-hydrogen) atoms. The maximum atomic E-state index is 12.9. The second-order valence-electron chi connectivity index (χ2n) is 6.11. The molecule has 6 nitrogen and oxygen atoms in total. The van der Waals surface area contributed by atoms with Gasteiger partial charge in [0.05, 0.1) is 19.0 Å². The molecule has 0 spiro atoms. The first-order valence-electron chi connectivity index (χ1n) is 8.05. The summed E-state index contributed by atoms with van der Waals surface area (Å²) in [6.45, 7) is 5.99. The van der Waals surface area contributed by atoms with Crippen molar-refractivity contribution in [1.29, 1.82) is 0 Å². The van der Waals surface area contributed by atoms with E-state index in [9.17, 15) is 4.79 Å². The second kappa shape index (κ2) is 6.47. The first-order valence-corrected chi connectivity index (χ1v) is 8.05. The van der Waals surface area contributed by atoms with Gasteiger partial charge in [-0.05, 0) is 50.6 Å². The number of hydrogen-bond acceptors (Lipinski definition) is 3. The number of hydrogen-bond donors (Lipinski definition) is 1. The first kappa shape index (κ1) is 16.8. The van der Waals surface area contributed by atoms with E-state index < -0.39 is 0 Å². The third-order valence-electron chi connectivity index (χ3n) is 4.24. The minimum absolute atomic E-state index is 0.224. The fourth-order valence-corrected chi connectivity index (χ4v) is 2.95. The third kappa shape index (κ3) is 3.03. The van der Waals surface area contributed by atoms with Gasteiger partial charge in [0.15, 0.2) is 0 Å². The quantitative estimate of drug-likeness (QED) is 0.793. The molecule has 0 radical (unpaired) electrons. The molecule has 6 heteroatoms. The molecule has 0 saturated heterocycles. The lowest BCUT2D eigenvalue weighted by molar-refractivity contribution is 0.102. The van der Waals surface area contributed by atoms with Gasteiger partial charge in [-0.3, -0.25) is 9.48 Å². The van der Waals surface area contributed by atoms with Crippen LogP contribution in [-0.2, 0) is 7.05 Å². The van der Waals surface area contributed by atoms with Gasteiger partial charge < -0.3 is 14.6 Å². The number of anilines is 1. The molecule has 130 valence electrons. The molecule has 0 unspecified atom stereocenters. The Morgan fingerprint density at radius 2 is 1.80 bits per heavy atom. The largest absolute Gasteiger partial charge is 0.495 e. The van der Waals surface area contributed by atoms with Crippen LogP contribution in [0, 0.1) is 20.8 Å². The molecule has 0 aliphatic heterocycles. The number of rotatable bonds is 4. The maximum Gasteiger partial charge on any atom is 0.261 e. The number of aromatic nitrogens is 3. The molecule has 0 fully saturated rings. The minimum Gasteiger partial charge on any atom is -0.495 e. The Morgan fingerprint density at radius 3 is 2.44 bits per heavy atom. The van der Waals surface area contributed by atoms with Crippen LogP contribution in [0.15, 0.2) is 36.5 Å². The van der Waals surface area contributed by atoms with Gasteiger partial charge in [-0.2, -0.15) is 5.10 Å². The Kier molecular flexibility index (Phi) is 4.35. The van der Waals surface area contributed by atoms with E-state index in [0.717, 1.165) is 22.8 Å². The van der Waals surface area contributed by atoms with Gasteiger partial charge in [0.25, 0.3) is 5.91 Å². The van der Waals surface area contributed by atoms with Gasteiger partial charge in [0, 0.05) is 18.4 Å². The van der Waals surface area contributed by atoms with E-state index in [1.807, 2.05) is 62.7 Å². The Morgan fingerprint density at radius 1 is 1.12 bits per heavy atom. The highest BCUT2D eigenvalue weighted by Crippen LogP contribution is 2.27. The predicted molar refractivity (Wildman–Crippen MR) is 97.7 cm³/mol. The smallest absolute Gasteiger partial charge is 0.261 e. The molecular formula is C19H22N4O2. The van der Waals surface area contributed by atoms with Crippen molar-refractivity contribution in [2.24, 2.45) is 7.05 Å². The topological polar surface area (TPSA) is 61.1 Å². The lowest BCUT2D eigenvalue weighted by Crippen LogP contribution is -2.17. The summed E-state index contributed by atoms with van der Waals surface area (Å²) in [5, 5.41) is 7.21. The van der Waals surface area contributed by atoms with E-state index in [2.05, 4.69) is 10.4 Å². The Bertz CT molecular complexity index is 918. The number of benzene rings is 1. The van der Waals surface area contributed by atoms with Crippen LogP contribution in [0.5, 0.6) is 5.75 Å². The molecular weight excluding hydrogens is 316 g/mol. The van der Waals surface area contributed by atoms with Crippen LogP contribution < -0.4 is 10.1 Å². The molecule has 1 aromatic carbocycles. The van der Waals surface area contributed by atoms with Crippen molar-refractivity contribution in [2.45, 2.75) is 20.8 Å². The number of carbonyl (C=O) groups excluding carboxylic acids is 1. The molecule has 0 atom stereocenters. The molecule has 0 aliphatic rings. The minimum atomic E-state index is -0.224. The molecule has 0 bridgehead atoms. The number of methoxy groups -OCH3 is 1. The zero-order valence-electron chi connectivity index (χ0n) is 15.1. The summed E-state index contributed by atoms with van der Waals surface area (Å²) in [5.41, 5.74) is 4.29. The molecule has 0 saturated carbocycles. The van der Waals surface area contributed by atoms with E-state index in [4.69, 9.17) is 4.74 Å². The second-order valence-corrected chi connectivity index (χ2v) is 6.11. The van der Waals surface area contributed by atoms with Crippen molar-refractivity contribution < 1.29 is 9.53 Å². The summed E-state index contributed by atoms with van der Waals surface area (Å²) in [4.78, 5) is 12.9. The van der Waals surface area contributed by atoms with Crippen LogP contribution in [0.25, 0.3) is 5.82 Å². The van der Waals surface area contributed by atoms with Crippen molar-refractivity contribution in [3.63, 3.8) is 0 Å². The van der Waals surface area contributed by atoms with Crippen molar-refractivity contribution in [3.05, 3.63) is 59.0 Å². The van der Waals surface area contributed by atoms with E-state index in [1.54, 1.807) is 18.0 Å². The van der Waals surface area contributed by atoms with E-state index in [1.165, 1.54) is 0 Å². The lowest BCUT2D eigenvalue weighted by atomic mass is 10.2. The fraction of sp³-hybridized carbons (Fsp3) is 0.263. The summed E-state index contributed by atoms with van der Waals surface area (Å²) < 4.78 is 9.10. The van der Waals surface area contributed by atoms with Crippen molar-refractivity contribution in [1.82, 2.24) is 14.3 Å². The Labute approximate surface area is 147 Å². The SMILES string of the molecule is COc1cc(C)ccc1NC(=O)c1cnn(C)c1-n1c(C)ccc1C. The summed E-state index contributed by atoms with van der Waals surface area (Å²) in [6.07, 6.45) is 1.59. The normalized spacial score (nSPS) is 10.8. The predicted octanol–water partition coefficient (Wildman–Crippen LogP) is 3.40. The average Bonchev–Trinajstić information content (AvgIpc) is 3.11. The number of amides is 1. The van der Waals surface area contributed by atoms with Crippen molar-refractivity contribution in [2.75, 3.05) is 12.4 Å². The summed E-state index contributed by atoms with van der Waals surface area (Å²) in [5.74, 6) is 1.15. The number of ether oxygens (including phenoxy) is 1. The molecule has 2 heterocycles. The summed E-state index contributed by atoms with van der Waals surface area (Å²) in [7, 11) is 3.42. The zero-order chi connectivity index (χ0) is 18.1. The highest BCUT2D eigenvalue weighted by molar-refractivity contribution is 6.07. The molecule has 3 aromatic rings. The summed E-state index contributed by atoms with van der Waals surface area (Å²) in [6, 6.07) is 9.71. The standard InChI is InChI=1S/C19H22N4O2/c1-12-6-9-16(17(10-12)25-5)21-18(24)15-11-20-22(4)19(15)23-13(2)7-8-14(23)3/h6-11H,1-5H3,(H,21,24). The summed E-state index contributed by atoms with van der Waals surface area (Å²) >= 11 is 0. The van der Waals surface area contributed by atoms with Gasteiger partial charge in [-0.1, -0.05) is 6.07 Å². The van der Waals surface area contributed by atoms with Crippen LogP contribution in [0.3, 0.4) is 0 Å². The first-order chi connectivity index (χ1) is 11.9. The molecule has 1 N–H and O–H groups in total. The zero-order valence-corrected chi connectivity index (χ0v) is 15.1. The van der Waals surface area contributed by atoms with Crippen LogP contribution >= 0.6 is 0 Å². The monoisotopic (exact) mass is 338 g/mol. The number of nitrogens with one attached hydrogen (secondary N) is 1. The van der Waals surface area contributed by atoms with Crippen LogP contribution in [-0.4, -0.2) is 27.4 Å². The van der Waals surface area contributed by atoms with Crippen LogP contribution in [0.2, 0.25) is 0 Å². The fourth-order valence-electron chi connectivity index (χ4n) is 2.95. The van der Waals surface area contributed by atoms with E-state index in [0.29, 0.717) is 17.0 Å². The molecule has 1 amide bonds. The average molecular weight is 338 g/mol. The van der Waals surface area contributed by atoms with Gasteiger partial charge in [-0.25, -0.2) is 0 Å². The van der Waals surface area contributed by atoms with Gasteiger partial charge in [-0.15, -0.1) is 0 Å². The van der Waals surface area contributed by atoms with E-state index in [-0.39, 0.29) is 5.91 Å². The van der Waals surface area contributed by atoms with Gasteiger partial charge >= 0.3 is 0 Å².